The van der Waals surface area contributed by atoms with Crippen LogP contribution in [0, 0.1) is 5.92 Å². The minimum Gasteiger partial charge on any atom is -0.379 e. The monoisotopic (exact) mass is 511 g/mol. The molecule has 0 heterocycles. The van der Waals surface area contributed by atoms with Crippen LogP contribution in [0.25, 0.3) is 0 Å². The molecule has 0 saturated carbocycles. The molecule has 1 rings (SSSR count). The molecule has 0 aliphatic carbocycles. The smallest absolute Gasteiger partial charge is 0.191 e. The van der Waals surface area contributed by atoms with Crippen LogP contribution in [0.1, 0.15) is 37.9 Å². The Kier molecular flexibility index (Phi) is 12.9. The second-order valence-electron chi connectivity index (χ2n) is 6.95. The van der Waals surface area contributed by atoms with Crippen molar-refractivity contribution in [2.24, 2.45) is 10.9 Å². The first-order chi connectivity index (χ1) is 12.2. The van der Waals surface area contributed by atoms with Gasteiger partial charge in [0.15, 0.2) is 5.96 Å². The lowest BCUT2D eigenvalue weighted by Crippen LogP contribution is -2.40. The van der Waals surface area contributed by atoms with E-state index in [0.717, 1.165) is 6.42 Å². The summed E-state index contributed by atoms with van der Waals surface area (Å²) < 4.78 is 27.4. The summed E-state index contributed by atoms with van der Waals surface area (Å²) in [4.78, 5) is 4.21. The third kappa shape index (κ3) is 12.2. The quantitative estimate of drug-likeness (QED) is 0.219. The Bertz CT molecular complexity index is 661. The summed E-state index contributed by atoms with van der Waals surface area (Å²) in [5, 5.41) is 6.52. The Morgan fingerprint density at radius 2 is 1.78 bits per heavy atom. The number of hydrogen-bond donors (Lipinski definition) is 2. The molecule has 0 spiro atoms. The molecule has 0 aliphatic heterocycles. The van der Waals surface area contributed by atoms with Gasteiger partial charge in [0.05, 0.1) is 25.0 Å². The number of nitrogens with zero attached hydrogens (tertiary/aromatic N) is 1. The predicted molar refractivity (Wildman–Crippen MR) is 124 cm³/mol. The maximum Gasteiger partial charge on any atom is 0.191 e. The largest absolute Gasteiger partial charge is 0.379 e. The average molecular weight is 511 g/mol. The van der Waals surface area contributed by atoms with E-state index in [2.05, 4.69) is 60.7 Å². The zero-order chi connectivity index (χ0) is 19.6. The van der Waals surface area contributed by atoms with E-state index < -0.39 is 9.84 Å². The number of nitrogens with one attached hydrogen (secondary N) is 2. The molecule has 156 valence electrons. The normalized spacial score (nSPS) is 13.2. The van der Waals surface area contributed by atoms with Crippen molar-refractivity contribution in [2.45, 2.75) is 33.2 Å². The van der Waals surface area contributed by atoms with E-state index in [-0.39, 0.29) is 42.4 Å². The van der Waals surface area contributed by atoms with Crippen LogP contribution in [0.3, 0.4) is 0 Å². The van der Waals surface area contributed by atoms with Crippen molar-refractivity contribution in [3.63, 3.8) is 0 Å². The van der Waals surface area contributed by atoms with Crippen molar-refractivity contribution in [2.75, 3.05) is 38.8 Å². The first-order valence-electron chi connectivity index (χ1n) is 9.02. The molecule has 0 amide bonds. The predicted octanol–water partition coefficient (Wildman–Crippen LogP) is 2.79. The van der Waals surface area contributed by atoms with Crippen molar-refractivity contribution in [1.29, 1.82) is 0 Å². The highest BCUT2D eigenvalue weighted by atomic mass is 127. The molecular weight excluding hydrogens is 477 g/mol. The van der Waals surface area contributed by atoms with Crippen LogP contribution in [0.4, 0.5) is 0 Å². The first-order valence-corrected chi connectivity index (χ1v) is 11.1. The summed E-state index contributed by atoms with van der Waals surface area (Å²) in [7, 11) is -1.25. The number of ether oxygens (including phenoxy) is 1. The van der Waals surface area contributed by atoms with Crippen molar-refractivity contribution in [3.8, 4) is 0 Å². The molecule has 0 saturated heterocycles. The van der Waals surface area contributed by atoms with Crippen LogP contribution in [0.5, 0.6) is 0 Å². The van der Waals surface area contributed by atoms with Crippen LogP contribution >= 0.6 is 24.0 Å². The van der Waals surface area contributed by atoms with Crippen LogP contribution in [-0.4, -0.2) is 53.2 Å². The number of guanidine groups is 1. The molecule has 1 unspecified atom stereocenters. The number of halogens is 1. The van der Waals surface area contributed by atoms with Gasteiger partial charge in [0, 0.05) is 19.8 Å². The van der Waals surface area contributed by atoms with E-state index in [1.165, 1.54) is 17.4 Å². The maximum atomic E-state index is 11.0. The van der Waals surface area contributed by atoms with Crippen molar-refractivity contribution < 1.29 is 13.2 Å². The second kappa shape index (κ2) is 13.3. The van der Waals surface area contributed by atoms with Crippen LogP contribution in [0.2, 0.25) is 0 Å². The fourth-order valence-electron chi connectivity index (χ4n) is 2.45. The summed E-state index contributed by atoms with van der Waals surface area (Å²) >= 11 is 0. The first kappa shape index (κ1) is 26.1. The molecule has 0 aliphatic rings. The standard InChI is InChI=1S/C19H33N3O3S.HI/c1-15(2)14-17-6-8-18(9-7-17)16(3)22-19(20-4)21-10-11-25-12-13-26(5,23)24;/h6-9,15-16H,10-14H2,1-5H3,(H2,20,21,22);1H. The zero-order valence-corrected chi connectivity index (χ0v) is 20.1. The lowest BCUT2D eigenvalue weighted by Gasteiger charge is -2.19. The lowest BCUT2D eigenvalue weighted by molar-refractivity contribution is 0.154. The maximum absolute atomic E-state index is 11.0. The van der Waals surface area contributed by atoms with Crippen LogP contribution in [-0.2, 0) is 21.0 Å². The number of aliphatic imine (C=N–C) groups is 1. The summed E-state index contributed by atoms with van der Waals surface area (Å²) in [5.74, 6) is 1.39. The summed E-state index contributed by atoms with van der Waals surface area (Å²) in [5.41, 5.74) is 2.55. The molecule has 6 nitrogen and oxygen atoms in total. The highest BCUT2D eigenvalue weighted by Gasteiger charge is 2.08. The van der Waals surface area contributed by atoms with Crippen molar-refractivity contribution >= 4 is 39.8 Å². The Balaban J connectivity index is 0.00000676. The van der Waals surface area contributed by atoms with Gasteiger partial charge in [-0.15, -0.1) is 24.0 Å². The number of rotatable bonds is 10. The van der Waals surface area contributed by atoms with Gasteiger partial charge in [-0.25, -0.2) is 8.42 Å². The van der Waals surface area contributed by atoms with Gasteiger partial charge >= 0.3 is 0 Å². The molecule has 1 aromatic carbocycles. The van der Waals surface area contributed by atoms with E-state index in [9.17, 15) is 8.42 Å². The molecular formula is C19H34IN3O3S. The van der Waals surface area contributed by atoms with E-state index in [1.807, 2.05) is 0 Å². The van der Waals surface area contributed by atoms with Gasteiger partial charge in [0.1, 0.15) is 9.84 Å². The molecule has 0 aromatic heterocycles. The number of sulfone groups is 1. The lowest BCUT2D eigenvalue weighted by atomic mass is 10.00. The van der Waals surface area contributed by atoms with Crippen molar-refractivity contribution in [1.82, 2.24) is 10.6 Å². The molecule has 1 aromatic rings. The van der Waals surface area contributed by atoms with Crippen molar-refractivity contribution in [3.05, 3.63) is 35.4 Å². The Morgan fingerprint density at radius 1 is 1.15 bits per heavy atom. The SMILES string of the molecule is CN=C(NCCOCCS(C)(=O)=O)NC(C)c1ccc(CC(C)C)cc1.I. The molecule has 27 heavy (non-hydrogen) atoms. The highest BCUT2D eigenvalue weighted by molar-refractivity contribution is 14.0. The second-order valence-corrected chi connectivity index (χ2v) is 9.21. The van der Waals surface area contributed by atoms with Gasteiger partial charge in [-0.3, -0.25) is 4.99 Å². The van der Waals surface area contributed by atoms with E-state index in [4.69, 9.17) is 4.74 Å². The summed E-state index contributed by atoms with van der Waals surface area (Å²) in [6.07, 6.45) is 2.29. The summed E-state index contributed by atoms with van der Waals surface area (Å²) in [6.45, 7) is 7.73. The average Bonchev–Trinajstić information content (AvgIpc) is 2.55. The van der Waals surface area contributed by atoms with Gasteiger partial charge in [0.2, 0.25) is 0 Å². The number of hydrogen-bond acceptors (Lipinski definition) is 4. The van der Waals surface area contributed by atoms with Gasteiger partial charge in [-0.1, -0.05) is 38.1 Å². The molecule has 2 N–H and O–H groups in total. The molecule has 0 bridgehead atoms. The Hall–Kier alpha value is -0.870. The van der Waals surface area contributed by atoms with E-state index in [1.54, 1.807) is 7.05 Å². The number of benzene rings is 1. The van der Waals surface area contributed by atoms with Gasteiger partial charge in [0.25, 0.3) is 0 Å². The van der Waals surface area contributed by atoms with Gasteiger partial charge in [-0.05, 0) is 30.4 Å². The van der Waals surface area contributed by atoms with Gasteiger partial charge < -0.3 is 15.4 Å². The highest BCUT2D eigenvalue weighted by Crippen LogP contribution is 2.15. The topological polar surface area (TPSA) is 79.8 Å². The Labute approximate surface area is 181 Å². The van der Waals surface area contributed by atoms with E-state index >= 15 is 0 Å². The molecule has 0 radical (unpaired) electrons. The fraction of sp³-hybridized carbons (Fsp3) is 0.632. The van der Waals surface area contributed by atoms with Gasteiger partial charge in [-0.2, -0.15) is 0 Å². The van der Waals surface area contributed by atoms with Crippen LogP contribution < -0.4 is 10.6 Å². The third-order valence-electron chi connectivity index (χ3n) is 3.84. The fourth-order valence-corrected chi connectivity index (χ4v) is 2.87. The third-order valence-corrected chi connectivity index (χ3v) is 4.75. The van der Waals surface area contributed by atoms with Crippen LogP contribution in [0.15, 0.2) is 29.3 Å². The molecule has 1 atom stereocenters. The summed E-state index contributed by atoms with van der Waals surface area (Å²) in [6, 6.07) is 8.78. The van der Waals surface area contributed by atoms with E-state index in [0.29, 0.717) is 25.0 Å². The minimum absolute atomic E-state index is 0. The molecule has 8 heteroatoms. The zero-order valence-electron chi connectivity index (χ0n) is 17.0. The Morgan fingerprint density at radius 3 is 2.30 bits per heavy atom. The minimum atomic E-state index is -2.97. The molecule has 0 fully saturated rings.